The van der Waals surface area contributed by atoms with Gasteiger partial charge in [-0.1, -0.05) is 18.2 Å². The minimum atomic E-state index is -0.207. The third-order valence-corrected chi connectivity index (χ3v) is 2.06. The van der Waals surface area contributed by atoms with Gasteiger partial charge in [0.15, 0.2) is 5.78 Å². The summed E-state index contributed by atoms with van der Waals surface area (Å²) >= 11 is 0. The lowest BCUT2D eigenvalue weighted by atomic mass is 10.1. The molecule has 1 aromatic carbocycles. The highest BCUT2D eigenvalue weighted by Gasteiger charge is 2.23. The van der Waals surface area contributed by atoms with Crippen LogP contribution in [0.3, 0.4) is 0 Å². The maximum absolute atomic E-state index is 11.4. The highest BCUT2D eigenvalue weighted by molar-refractivity contribution is 6.33. The van der Waals surface area contributed by atoms with Gasteiger partial charge in [0, 0.05) is 11.3 Å². The summed E-state index contributed by atoms with van der Waals surface area (Å²) in [6, 6.07) is 7.32. The number of fused-ring (bicyclic) bond motifs is 1. The van der Waals surface area contributed by atoms with Crippen molar-refractivity contribution >= 4 is 23.0 Å². The number of para-hydroxylation sites is 1. The van der Waals surface area contributed by atoms with Crippen molar-refractivity contribution in [3.8, 4) is 0 Å². The molecule has 0 aromatic heterocycles. The van der Waals surface area contributed by atoms with Crippen molar-refractivity contribution in [3.05, 3.63) is 35.9 Å². The molecule has 0 spiro atoms. The van der Waals surface area contributed by atoms with Crippen molar-refractivity contribution in [1.82, 2.24) is 0 Å². The summed E-state index contributed by atoms with van der Waals surface area (Å²) in [5, 5.41) is 2.69. The van der Waals surface area contributed by atoms with Gasteiger partial charge in [-0.05, 0) is 19.1 Å². The molecule has 1 amide bonds. The van der Waals surface area contributed by atoms with Gasteiger partial charge in [0.05, 0.1) is 5.57 Å². The molecule has 3 nitrogen and oxygen atoms in total. The van der Waals surface area contributed by atoms with Crippen molar-refractivity contribution in [2.45, 2.75) is 6.92 Å². The molecule has 0 atom stereocenters. The second kappa shape index (κ2) is 3.10. The Hall–Kier alpha value is -1.90. The van der Waals surface area contributed by atoms with Gasteiger partial charge < -0.3 is 5.32 Å². The second-order valence-corrected chi connectivity index (χ2v) is 3.17. The van der Waals surface area contributed by atoms with E-state index in [4.69, 9.17) is 0 Å². The summed E-state index contributed by atoms with van der Waals surface area (Å²) in [6.45, 7) is 1.43. The average molecular weight is 187 g/mol. The molecule has 1 heterocycles. The van der Waals surface area contributed by atoms with Crippen molar-refractivity contribution in [3.63, 3.8) is 0 Å². The van der Waals surface area contributed by atoms with E-state index in [1.165, 1.54) is 13.0 Å². The first kappa shape index (κ1) is 8.69. The van der Waals surface area contributed by atoms with Crippen molar-refractivity contribution < 1.29 is 9.59 Å². The first-order valence-corrected chi connectivity index (χ1v) is 4.31. The zero-order valence-corrected chi connectivity index (χ0v) is 7.70. The average Bonchev–Trinajstić information content (AvgIpc) is 2.43. The van der Waals surface area contributed by atoms with E-state index in [9.17, 15) is 9.59 Å². The van der Waals surface area contributed by atoms with Crippen molar-refractivity contribution in [1.29, 1.82) is 0 Å². The largest absolute Gasteiger partial charge is 0.321 e. The molecule has 0 saturated heterocycles. The Morgan fingerprint density at radius 1 is 1.36 bits per heavy atom. The Bertz CT molecular complexity index is 446. The molecule has 1 aromatic rings. The quantitative estimate of drug-likeness (QED) is 0.679. The fourth-order valence-corrected chi connectivity index (χ4v) is 1.49. The van der Waals surface area contributed by atoms with Gasteiger partial charge in [0.25, 0.3) is 5.91 Å². The van der Waals surface area contributed by atoms with Crippen LogP contribution in [0.1, 0.15) is 12.5 Å². The second-order valence-electron chi connectivity index (χ2n) is 3.17. The Morgan fingerprint density at radius 3 is 2.79 bits per heavy atom. The minimum Gasteiger partial charge on any atom is -0.321 e. The summed E-state index contributed by atoms with van der Waals surface area (Å²) in [5.41, 5.74) is 2.02. The highest BCUT2D eigenvalue weighted by Crippen LogP contribution is 2.30. The molecule has 0 aliphatic carbocycles. The van der Waals surface area contributed by atoms with Crippen LogP contribution in [-0.4, -0.2) is 11.7 Å². The number of nitrogens with one attached hydrogen (secondary N) is 1. The van der Waals surface area contributed by atoms with Crippen LogP contribution < -0.4 is 5.32 Å². The summed E-state index contributed by atoms with van der Waals surface area (Å²) in [5.74, 6) is -0.326. The molecule has 3 heteroatoms. The maximum atomic E-state index is 11.4. The Balaban J connectivity index is 2.55. The summed E-state index contributed by atoms with van der Waals surface area (Å²) in [7, 11) is 0. The fourth-order valence-electron chi connectivity index (χ4n) is 1.49. The van der Waals surface area contributed by atoms with E-state index in [1.807, 2.05) is 24.3 Å². The summed E-state index contributed by atoms with van der Waals surface area (Å²) < 4.78 is 0. The lowest BCUT2D eigenvalue weighted by Crippen LogP contribution is -2.04. The summed E-state index contributed by atoms with van der Waals surface area (Å²) in [4.78, 5) is 22.3. The molecule has 14 heavy (non-hydrogen) atoms. The minimum absolute atomic E-state index is 0.119. The smallest absolute Gasteiger partial charge is 0.256 e. The number of rotatable bonds is 1. The van der Waals surface area contributed by atoms with Crippen LogP contribution >= 0.6 is 0 Å². The number of carbonyl (C=O) groups excluding carboxylic acids is 2. The number of hydrogen-bond acceptors (Lipinski definition) is 2. The predicted octanol–water partition coefficient (Wildman–Crippen LogP) is 1.61. The molecule has 0 radical (unpaired) electrons. The zero-order valence-electron chi connectivity index (χ0n) is 7.70. The molecule has 0 unspecified atom stereocenters. The van der Waals surface area contributed by atoms with Gasteiger partial charge >= 0.3 is 0 Å². The molecule has 0 bridgehead atoms. The lowest BCUT2D eigenvalue weighted by Gasteiger charge is -1.94. The molecule has 1 aliphatic heterocycles. The zero-order chi connectivity index (χ0) is 10.1. The van der Waals surface area contributed by atoms with Gasteiger partial charge in [-0.2, -0.15) is 0 Å². The molecule has 1 aliphatic rings. The normalized spacial score (nSPS) is 16.6. The first-order chi connectivity index (χ1) is 6.68. The highest BCUT2D eigenvalue weighted by atomic mass is 16.2. The molecule has 1 N–H and O–H groups in total. The van der Waals surface area contributed by atoms with Crippen LogP contribution in [-0.2, 0) is 9.59 Å². The standard InChI is InChI=1S/C11H9NO2/c1-7(13)6-9-8-4-2-3-5-10(8)12-11(9)14/h2-6H,1H3,(H,12,14)/b9-6+. The van der Waals surface area contributed by atoms with Gasteiger partial charge in [0.2, 0.25) is 0 Å². The van der Waals surface area contributed by atoms with Crippen LogP contribution in [0.4, 0.5) is 5.69 Å². The van der Waals surface area contributed by atoms with Crippen LogP contribution in [0.25, 0.3) is 5.57 Å². The van der Waals surface area contributed by atoms with E-state index in [0.29, 0.717) is 5.57 Å². The predicted molar refractivity (Wildman–Crippen MR) is 53.7 cm³/mol. The lowest BCUT2D eigenvalue weighted by molar-refractivity contribution is -0.113. The van der Waals surface area contributed by atoms with E-state index >= 15 is 0 Å². The van der Waals surface area contributed by atoms with Crippen molar-refractivity contribution in [2.75, 3.05) is 5.32 Å². The molecule has 0 saturated carbocycles. The first-order valence-electron chi connectivity index (χ1n) is 4.31. The number of amides is 1. The number of anilines is 1. The number of benzene rings is 1. The topological polar surface area (TPSA) is 46.2 Å². The Morgan fingerprint density at radius 2 is 2.07 bits per heavy atom. The van der Waals surface area contributed by atoms with Crippen LogP contribution in [0.5, 0.6) is 0 Å². The van der Waals surface area contributed by atoms with E-state index in [0.717, 1.165) is 11.3 Å². The van der Waals surface area contributed by atoms with E-state index in [1.54, 1.807) is 0 Å². The molecular weight excluding hydrogens is 178 g/mol. The van der Waals surface area contributed by atoms with Crippen LogP contribution in [0.15, 0.2) is 30.3 Å². The fraction of sp³-hybridized carbons (Fsp3) is 0.0909. The van der Waals surface area contributed by atoms with Crippen molar-refractivity contribution in [2.24, 2.45) is 0 Å². The van der Waals surface area contributed by atoms with Gasteiger partial charge in [0.1, 0.15) is 0 Å². The molecule has 70 valence electrons. The Labute approximate surface area is 81.4 Å². The maximum Gasteiger partial charge on any atom is 0.256 e. The molecule has 0 fully saturated rings. The van der Waals surface area contributed by atoms with Gasteiger partial charge in [-0.25, -0.2) is 0 Å². The molecule has 2 rings (SSSR count). The van der Waals surface area contributed by atoms with E-state index in [2.05, 4.69) is 5.32 Å². The van der Waals surface area contributed by atoms with E-state index in [-0.39, 0.29) is 11.7 Å². The SMILES string of the molecule is CC(=O)/C=C1/C(=O)Nc2ccccc21. The number of hydrogen-bond donors (Lipinski definition) is 1. The number of ketones is 1. The van der Waals surface area contributed by atoms with Gasteiger partial charge in [-0.15, -0.1) is 0 Å². The number of carbonyl (C=O) groups is 2. The van der Waals surface area contributed by atoms with Crippen LogP contribution in [0.2, 0.25) is 0 Å². The Kier molecular flexibility index (Phi) is 1.93. The third kappa shape index (κ3) is 1.33. The van der Waals surface area contributed by atoms with E-state index < -0.39 is 0 Å². The van der Waals surface area contributed by atoms with Gasteiger partial charge in [-0.3, -0.25) is 9.59 Å². The third-order valence-electron chi connectivity index (χ3n) is 2.06. The van der Waals surface area contributed by atoms with Crippen LogP contribution in [0, 0.1) is 0 Å². The summed E-state index contributed by atoms with van der Waals surface area (Å²) in [6.07, 6.45) is 1.36. The molecular formula is C11H9NO2. The monoisotopic (exact) mass is 187 g/mol. The number of allylic oxidation sites excluding steroid dienone is 1.